The Morgan fingerprint density at radius 2 is 2.29 bits per heavy atom. The summed E-state index contributed by atoms with van der Waals surface area (Å²) in [6.45, 7) is 2.93. The first-order valence-corrected chi connectivity index (χ1v) is 5.70. The molecule has 2 N–H and O–H groups in total. The van der Waals surface area contributed by atoms with Crippen LogP contribution in [0.3, 0.4) is 0 Å². The molecule has 1 atom stereocenters. The molecule has 0 radical (unpaired) electrons. The van der Waals surface area contributed by atoms with Crippen LogP contribution in [0.5, 0.6) is 0 Å². The van der Waals surface area contributed by atoms with Gasteiger partial charge in [0, 0.05) is 18.7 Å². The van der Waals surface area contributed by atoms with Gasteiger partial charge >= 0.3 is 0 Å². The Morgan fingerprint density at radius 1 is 1.59 bits per heavy atom. The Balaban J connectivity index is 2.52. The summed E-state index contributed by atoms with van der Waals surface area (Å²) in [5.74, 6) is 0. The normalized spacial score (nSPS) is 12.4. The number of nitro groups is 1. The molecular weight excluding hydrogens is 244 g/mol. The van der Waals surface area contributed by atoms with E-state index in [-0.39, 0.29) is 11.8 Å². The van der Waals surface area contributed by atoms with Crippen molar-refractivity contribution in [2.45, 2.75) is 26.0 Å². The summed E-state index contributed by atoms with van der Waals surface area (Å²) in [5.41, 5.74) is 0.797. The number of nitro benzene ring substituents is 1. The number of aliphatic hydroxyl groups excluding tert-OH is 1. The summed E-state index contributed by atoms with van der Waals surface area (Å²) >= 11 is 5.92. The summed E-state index contributed by atoms with van der Waals surface area (Å²) in [6.07, 6.45) is 0.319. The number of benzene rings is 1. The number of rotatable bonds is 6. The largest absolute Gasteiger partial charge is 0.393 e. The molecule has 0 aliphatic heterocycles. The van der Waals surface area contributed by atoms with Gasteiger partial charge in [-0.05, 0) is 31.5 Å². The fourth-order valence-corrected chi connectivity index (χ4v) is 1.57. The third kappa shape index (κ3) is 4.68. The van der Waals surface area contributed by atoms with E-state index in [1.165, 1.54) is 12.1 Å². The highest BCUT2D eigenvalue weighted by Crippen LogP contribution is 2.22. The molecule has 1 aromatic rings. The Morgan fingerprint density at radius 3 is 2.82 bits per heavy atom. The van der Waals surface area contributed by atoms with E-state index in [0.29, 0.717) is 24.5 Å². The molecule has 1 rings (SSSR count). The molecular formula is C11H15ClN2O3. The second-order valence-electron chi connectivity index (χ2n) is 3.85. The fraction of sp³-hybridized carbons (Fsp3) is 0.455. The predicted octanol–water partition coefficient (Wildman–Crippen LogP) is 2.11. The molecule has 0 fully saturated rings. The number of hydrogen-bond donors (Lipinski definition) is 2. The Hall–Kier alpha value is -1.17. The lowest BCUT2D eigenvalue weighted by Gasteiger charge is -2.07. The molecule has 17 heavy (non-hydrogen) atoms. The molecule has 0 heterocycles. The topological polar surface area (TPSA) is 75.4 Å². The molecule has 0 bridgehead atoms. The summed E-state index contributed by atoms with van der Waals surface area (Å²) < 4.78 is 0. The molecule has 0 aromatic heterocycles. The van der Waals surface area contributed by atoms with E-state index >= 15 is 0 Å². The number of nitrogens with zero attached hydrogens (tertiary/aromatic N) is 1. The highest BCUT2D eigenvalue weighted by molar-refractivity contribution is 6.31. The molecule has 5 nitrogen and oxygen atoms in total. The highest BCUT2D eigenvalue weighted by Gasteiger charge is 2.08. The number of nitrogens with one attached hydrogen (secondary N) is 1. The molecule has 1 unspecified atom stereocenters. The fourth-order valence-electron chi connectivity index (χ4n) is 1.33. The first-order valence-electron chi connectivity index (χ1n) is 5.32. The van der Waals surface area contributed by atoms with Gasteiger partial charge in [0.1, 0.15) is 0 Å². The van der Waals surface area contributed by atoms with Gasteiger partial charge in [0.2, 0.25) is 0 Å². The molecule has 0 saturated carbocycles. The van der Waals surface area contributed by atoms with Crippen LogP contribution in [0, 0.1) is 10.1 Å². The first-order chi connectivity index (χ1) is 8.00. The van der Waals surface area contributed by atoms with Crippen molar-refractivity contribution >= 4 is 17.3 Å². The van der Waals surface area contributed by atoms with Crippen LogP contribution in [-0.4, -0.2) is 22.7 Å². The minimum atomic E-state index is -0.476. The van der Waals surface area contributed by atoms with Crippen LogP contribution in [0.1, 0.15) is 18.9 Å². The average molecular weight is 259 g/mol. The van der Waals surface area contributed by atoms with Crippen LogP contribution in [0.15, 0.2) is 18.2 Å². The van der Waals surface area contributed by atoms with Crippen LogP contribution >= 0.6 is 11.6 Å². The number of non-ortho nitro benzene ring substituents is 1. The third-order valence-corrected chi connectivity index (χ3v) is 2.65. The van der Waals surface area contributed by atoms with Gasteiger partial charge in [0.25, 0.3) is 5.69 Å². The lowest BCUT2D eigenvalue weighted by molar-refractivity contribution is -0.384. The van der Waals surface area contributed by atoms with Crippen molar-refractivity contribution in [1.29, 1.82) is 0 Å². The molecule has 0 aliphatic carbocycles. The summed E-state index contributed by atoms with van der Waals surface area (Å²) in [4.78, 5) is 10.0. The molecule has 6 heteroatoms. The SMILES string of the molecule is CC(O)CCNCc1ccc([N+](=O)[O-])cc1Cl. The second kappa shape index (κ2) is 6.54. The number of hydrogen-bond acceptors (Lipinski definition) is 4. The van der Waals surface area contributed by atoms with E-state index in [9.17, 15) is 10.1 Å². The van der Waals surface area contributed by atoms with Gasteiger partial charge in [-0.15, -0.1) is 0 Å². The van der Waals surface area contributed by atoms with Gasteiger partial charge in [0.15, 0.2) is 0 Å². The maximum Gasteiger partial charge on any atom is 0.270 e. The molecule has 1 aromatic carbocycles. The van der Waals surface area contributed by atoms with Crippen LogP contribution in [0.4, 0.5) is 5.69 Å². The van der Waals surface area contributed by atoms with Crippen LogP contribution < -0.4 is 5.32 Å². The quantitative estimate of drug-likeness (QED) is 0.466. The standard InChI is InChI=1S/C11H15ClN2O3/c1-8(15)4-5-13-7-9-2-3-10(14(16)17)6-11(9)12/h2-3,6,8,13,15H,4-5,7H2,1H3. The maximum atomic E-state index is 10.5. The van der Waals surface area contributed by atoms with E-state index in [1.54, 1.807) is 13.0 Å². The van der Waals surface area contributed by atoms with Crippen molar-refractivity contribution in [3.8, 4) is 0 Å². The molecule has 0 aliphatic rings. The zero-order valence-corrected chi connectivity index (χ0v) is 10.3. The van der Waals surface area contributed by atoms with Crippen LogP contribution in [0.25, 0.3) is 0 Å². The lowest BCUT2D eigenvalue weighted by Crippen LogP contribution is -2.18. The molecule has 0 spiro atoms. The van der Waals surface area contributed by atoms with E-state index < -0.39 is 4.92 Å². The molecule has 0 amide bonds. The van der Waals surface area contributed by atoms with Gasteiger partial charge in [-0.2, -0.15) is 0 Å². The zero-order valence-electron chi connectivity index (χ0n) is 9.52. The van der Waals surface area contributed by atoms with Gasteiger partial charge in [0.05, 0.1) is 16.0 Å². The van der Waals surface area contributed by atoms with Gasteiger partial charge < -0.3 is 10.4 Å². The van der Waals surface area contributed by atoms with Crippen molar-refractivity contribution in [1.82, 2.24) is 5.32 Å². The van der Waals surface area contributed by atoms with Gasteiger partial charge in [-0.1, -0.05) is 11.6 Å². The minimum Gasteiger partial charge on any atom is -0.393 e. The van der Waals surface area contributed by atoms with E-state index in [0.717, 1.165) is 5.56 Å². The summed E-state index contributed by atoms with van der Waals surface area (Å²) in [5, 5.41) is 23.1. The predicted molar refractivity (Wildman–Crippen MR) is 66.1 cm³/mol. The monoisotopic (exact) mass is 258 g/mol. The van der Waals surface area contributed by atoms with Crippen LogP contribution in [0.2, 0.25) is 5.02 Å². The summed E-state index contributed by atoms with van der Waals surface area (Å²) in [6, 6.07) is 4.40. The zero-order chi connectivity index (χ0) is 12.8. The van der Waals surface area contributed by atoms with Crippen molar-refractivity contribution in [2.75, 3.05) is 6.54 Å². The first kappa shape index (κ1) is 13.9. The van der Waals surface area contributed by atoms with Crippen molar-refractivity contribution in [3.63, 3.8) is 0 Å². The van der Waals surface area contributed by atoms with Crippen molar-refractivity contribution in [3.05, 3.63) is 38.9 Å². The smallest absolute Gasteiger partial charge is 0.270 e. The van der Waals surface area contributed by atoms with Crippen molar-refractivity contribution in [2.24, 2.45) is 0 Å². The minimum absolute atomic E-state index is 0.0114. The van der Waals surface area contributed by atoms with E-state index in [1.807, 2.05) is 0 Å². The maximum absolute atomic E-state index is 10.5. The van der Waals surface area contributed by atoms with E-state index in [4.69, 9.17) is 16.7 Å². The lowest BCUT2D eigenvalue weighted by atomic mass is 10.2. The number of halogens is 1. The second-order valence-corrected chi connectivity index (χ2v) is 4.25. The number of aliphatic hydroxyl groups is 1. The Kier molecular flexibility index (Phi) is 5.34. The van der Waals surface area contributed by atoms with Gasteiger partial charge in [-0.25, -0.2) is 0 Å². The molecule has 94 valence electrons. The van der Waals surface area contributed by atoms with Crippen molar-refractivity contribution < 1.29 is 10.0 Å². The van der Waals surface area contributed by atoms with Crippen LogP contribution in [-0.2, 0) is 6.54 Å². The third-order valence-electron chi connectivity index (χ3n) is 2.30. The average Bonchev–Trinajstić information content (AvgIpc) is 2.25. The van der Waals surface area contributed by atoms with E-state index in [2.05, 4.69) is 5.32 Å². The summed E-state index contributed by atoms with van der Waals surface area (Å²) in [7, 11) is 0. The highest BCUT2D eigenvalue weighted by atomic mass is 35.5. The van der Waals surface area contributed by atoms with Gasteiger partial charge in [-0.3, -0.25) is 10.1 Å². The Bertz CT molecular complexity index is 396. The molecule has 0 saturated heterocycles. The Labute approximate surface area is 105 Å².